The molecule has 0 radical (unpaired) electrons. The van der Waals surface area contributed by atoms with Crippen molar-refractivity contribution in [2.45, 2.75) is 18.9 Å². The molecule has 0 spiro atoms. The lowest BCUT2D eigenvalue weighted by Gasteiger charge is -2.20. The van der Waals surface area contributed by atoms with Crippen LogP contribution in [0, 0.1) is 0 Å². The molecule has 0 saturated heterocycles. The van der Waals surface area contributed by atoms with Crippen LogP contribution in [0.4, 0.5) is 5.82 Å². The molecule has 3 N–H and O–H groups in total. The standard InChI is InChI=1S/C16H18BrN5/c17-13-11-20-22-10-9-19-16(15(13)22)21-14(7-4-8-18)12-5-2-1-3-6-12/h1-3,5-6,9-11,14H,4,7-8,18H2,(H,19,21). The second-order valence-electron chi connectivity index (χ2n) is 5.10. The van der Waals surface area contributed by atoms with E-state index in [1.54, 1.807) is 12.4 Å². The molecule has 0 aliphatic rings. The summed E-state index contributed by atoms with van der Waals surface area (Å²) in [7, 11) is 0. The lowest BCUT2D eigenvalue weighted by Crippen LogP contribution is -2.14. The van der Waals surface area contributed by atoms with Gasteiger partial charge in [0, 0.05) is 12.4 Å². The molecule has 0 saturated carbocycles. The zero-order chi connectivity index (χ0) is 15.4. The number of aromatic nitrogens is 3. The molecule has 3 rings (SSSR count). The average Bonchev–Trinajstić information content (AvgIpc) is 2.94. The number of fused-ring (bicyclic) bond motifs is 1. The van der Waals surface area contributed by atoms with Crippen LogP contribution in [0.1, 0.15) is 24.4 Å². The van der Waals surface area contributed by atoms with Gasteiger partial charge >= 0.3 is 0 Å². The van der Waals surface area contributed by atoms with E-state index in [1.807, 2.05) is 16.8 Å². The maximum Gasteiger partial charge on any atom is 0.153 e. The number of hydrogen-bond acceptors (Lipinski definition) is 4. The summed E-state index contributed by atoms with van der Waals surface area (Å²) in [6, 6.07) is 10.5. The first-order valence-electron chi connectivity index (χ1n) is 7.29. The van der Waals surface area contributed by atoms with Crippen molar-refractivity contribution in [3.05, 3.63) is 59.0 Å². The van der Waals surface area contributed by atoms with E-state index in [0.29, 0.717) is 6.54 Å². The van der Waals surface area contributed by atoms with Crippen LogP contribution < -0.4 is 11.1 Å². The molecular weight excluding hydrogens is 342 g/mol. The summed E-state index contributed by atoms with van der Waals surface area (Å²) < 4.78 is 2.73. The number of nitrogens with two attached hydrogens (primary N) is 1. The average molecular weight is 360 g/mol. The Morgan fingerprint density at radius 1 is 1.27 bits per heavy atom. The van der Waals surface area contributed by atoms with Crippen molar-refractivity contribution in [3.8, 4) is 0 Å². The summed E-state index contributed by atoms with van der Waals surface area (Å²) in [5, 5.41) is 7.83. The van der Waals surface area contributed by atoms with Gasteiger partial charge in [0.1, 0.15) is 5.52 Å². The molecule has 2 aromatic heterocycles. The van der Waals surface area contributed by atoms with Crippen LogP contribution in [-0.4, -0.2) is 21.1 Å². The Kier molecular flexibility index (Phi) is 4.70. The maximum absolute atomic E-state index is 5.68. The van der Waals surface area contributed by atoms with Gasteiger partial charge in [-0.2, -0.15) is 5.10 Å². The van der Waals surface area contributed by atoms with E-state index in [-0.39, 0.29) is 6.04 Å². The van der Waals surface area contributed by atoms with Crippen LogP contribution in [0.2, 0.25) is 0 Å². The first-order valence-corrected chi connectivity index (χ1v) is 8.08. The Hall–Kier alpha value is -1.92. The quantitative estimate of drug-likeness (QED) is 0.707. The fourth-order valence-electron chi connectivity index (χ4n) is 2.51. The van der Waals surface area contributed by atoms with E-state index in [4.69, 9.17) is 5.73 Å². The lowest BCUT2D eigenvalue weighted by atomic mass is 10.0. The van der Waals surface area contributed by atoms with Crippen molar-refractivity contribution >= 4 is 27.3 Å². The van der Waals surface area contributed by atoms with E-state index in [9.17, 15) is 0 Å². The summed E-state index contributed by atoms with van der Waals surface area (Å²) in [5.74, 6) is 0.817. The Morgan fingerprint density at radius 3 is 2.86 bits per heavy atom. The molecule has 22 heavy (non-hydrogen) atoms. The first-order chi connectivity index (χ1) is 10.8. The lowest BCUT2D eigenvalue weighted by molar-refractivity contribution is 0.649. The van der Waals surface area contributed by atoms with E-state index in [2.05, 4.69) is 55.6 Å². The predicted molar refractivity (Wildman–Crippen MR) is 91.8 cm³/mol. The third-order valence-electron chi connectivity index (χ3n) is 3.60. The number of nitrogens with one attached hydrogen (secondary N) is 1. The smallest absolute Gasteiger partial charge is 0.153 e. The van der Waals surface area contributed by atoms with Gasteiger partial charge in [-0.3, -0.25) is 0 Å². The highest BCUT2D eigenvalue weighted by Crippen LogP contribution is 2.28. The molecule has 1 unspecified atom stereocenters. The minimum atomic E-state index is 0.172. The molecule has 6 heteroatoms. The molecule has 0 amide bonds. The van der Waals surface area contributed by atoms with Gasteiger partial charge < -0.3 is 11.1 Å². The summed E-state index contributed by atoms with van der Waals surface area (Å²) in [6.45, 7) is 0.680. The van der Waals surface area contributed by atoms with E-state index in [1.165, 1.54) is 5.56 Å². The minimum Gasteiger partial charge on any atom is -0.361 e. The van der Waals surface area contributed by atoms with Crippen molar-refractivity contribution in [2.24, 2.45) is 5.73 Å². The number of benzene rings is 1. The van der Waals surface area contributed by atoms with Crippen LogP contribution in [0.5, 0.6) is 0 Å². The fraction of sp³-hybridized carbons (Fsp3) is 0.250. The van der Waals surface area contributed by atoms with Gasteiger partial charge in [0.05, 0.1) is 16.7 Å². The fourth-order valence-corrected chi connectivity index (χ4v) is 2.97. The zero-order valence-electron chi connectivity index (χ0n) is 12.1. The van der Waals surface area contributed by atoms with Crippen LogP contribution in [0.15, 0.2) is 53.4 Å². The van der Waals surface area contributed by atoms with Gasteiger partial charge in [-0.05, 0) is 40.9 Å². The summed E-state index contributed by atoms with van der Waals surface area (Å²) >= 11 is 3.53. The molecule has 2 heterocycles. The normalized spacial score (nSPS) is 12.5. The third-order valence-corrected chi connectivity index (χ3v) is 4.18. The molecule has 5 nitrogen and oxygen atoms in total. The SMILES string of the molecule is NCCCC(Nc1nccn2ncc(Br)c12)c1ccccc1. The molecule has 1 atom stereocenters. The van der Waals surface area contributed by atoms with Gasteiger partial charge in [0.25, 0.3) is 0 Å². The van der Waals surface area contributed by atoms with Crippen molar-refractivity contribution < 1.29 is 0 Å². The Balaban J connectivity index is 1.93. The van der Waals surface area contributed by atoms with E-state index < -0.39 is 0 Å². The molecule has 0 fully saturated rings. The summed E-state index contributed by atoms with van der Waals surface area (Å²) in [5.41, 5.74) is 7.85. The monoisotopic (exact) mass is 359 g/mol. The summed E-state index contributed by atoms with van der Waals surface area (Å²) in [6.07, 6.45) is 7.27. The van der Waals surface area contributed by atoms with Gasteiger partial charge in [-0.1, -0.05) is 30.3 Å². The van der Waals surface area contributed by atoms with E-state index >= 15 is 0 Å². The Bertz CT molecular complexity index is 741. The van der Waals surface area contributed by atoms with Crippen LogP contribution in [0.25, 0.3) is 5.52 Å². The van der Waals surface area contributed by atoms with Gasteiger partial charge in [-0.25, -0.2) is 9.50 Å². The molecule has 0 aliphatic heterocycles. The summed E-state index contributed by atoms with van der Waals surface area (Å²) in [4.78, 5) is 4.48. The van der Waals surface area contributed by atoms with Crippen molar-refractivity contribution in [3.63, 3.8) is 0 Å². The van der Waals surface area contributed by atoms with Gasteiger partial charge in [0.15, 0.2) is 5.82 Å². The third kappa shape index (κ3) is 3.13. The number of anilines is 1. The molecular formula is C16H18BrN5. The molecule has 0 aliphatic carbocycles. The van der Waals surface area contributed by atoms with Crippen molar-refractivity contribution in [1.29, 1.82) is 0 Å². The maximum atomic E-state index is 5.68. The highest BCUT2D eigenvalue weighted by Gasteiger charge is 2.15. The topological polar surface area (TPSA) is 68.2 Å². The number of rotatable bonds is 6. The van der Waals surface area contributed by atoms with Crippen LogP contribution in [0.3, 0.4) is 0 Å². The molecule has 114 valence electrons. The number of nitrogens with zero attached hydrogens (tertiary/aromatic N) is 3. The number of hydrogen-bond donors (Lipinski definition) is 2. The highest BCUT2D eigenvalue weighted by molar-refractivity contribution is 9.10. The van der Waals surface area contributed by atoms with Crippen LogP contribution in [-0.2, 0) is 0 Å². The van der Waals surface area contributed by atoms with Crippen molar-refractivity contribution in [2.75, 3.05) is 11.9 Å². The Labute approximate surface area is 137 Å². The molecule has 0 bridgehead atoms. The largest absolute Gasteiger partial charge is 0.361 e. The van der Waals surface area contributed by atoms with Crippen molar-refractivity contribution in [1.82, 2.24) is 14.6 Å². The molecule has 3 aromatic rings. The highest BCUT2D eigenvalue weighted by atomic mass is 79.9. The Morgan fingerprint density at radius 2 is 2.09 bits per heavy atom. The van der Waals surface area contributed by atoms with E-state index in [0.717, 1.165) is 28.6 Å². The predicted octanol–water partition coefficient (Wildman–Crippen LogP) is 3.38. The first kappa shape index (κ1) is 15.0. The number of halogens is 1. The van der Waals surface area contributed by atoms with Gasteiger partial charge in [-0.15, -0.1) is 0 Å². The minimum absolute atomic E-state index is 0.172. The zero-order valence-corrected chi connectivity index (χ0v) is 13.7. The second kappa shape index (κ2) is 6.89. The molecule has 1 aromatic carbocycles. The van der Waals surface area contributed by atoms with Crippen LogP contribution >= 0.6 is 15.9 Å². The van der Waals surface area contributed by atoms with Gasteiger partial charge in [0.2, 0.25) is 0 Å². The second-order valence-corrected chi connectivity index (χ2v) is 5.95.